The van der Waals surface area contributed by atoms with Crippen molar-refractivity contribution in [1.82, 2.24) is 9.97 Å². The summed E-state index contributed by atoms with van der Waals surface area (Å²) in [6, 6.07) is 1.69. The highest BCUT2D eigenvalue weighted by Crippen LogP contribution is 2.13. The van der Waals surface area contributed by atoms with E-state index in [0.717, 1.165) is 0 Å². The Kier molecular flexibility index (Phi) is 2.95. The normalized spacial score (nSPS) is 10.6. The molecule has 0 fully saturated rings. The predicted molar refractivity (Wildman–Crippen MR) is 43.2 cm³/mol. The topological polar surface area (TPSA) is 70.3 Å². The number of nitrogens with two attached hydrogens (primary N) is 1. The molecule has 0 saturated heterocycles. The second-order valence-electron chi connectivity index (χ2n) is 2.14. The fourth-order valence-corrected chi connectivity index (χ4v) is 0.857. The molecule has 1 heterocycles. The summed E-state index contributed by atoms with van der Waals surface area (Å²) in [7, 11) is 3.07. The van der Waals surface area contributed by atoms with Crippen molar-refractivity contribution in [1.29, 1.82) is 0 Å². The van der Waals surface area contributed by atoms with E-state index in [1.807, 2.05) is 0 Å². The first-order chi connectivity index (χ1) is 5.77. The van der Waals surface area contributed by atoms with E-state index in [9.17, 15) is 0 Å². The molecule has 66 valence electrons. The van der Waals surface area contributed by atoms with Crippen LogP contribution in [-0.4, -0.2) is 24.2 Å². The van der Waals surface area contributed by atoms with Crippen LogP contribution in [0.15, 0.2) is 12.3 Å². The van der Waals surface area contributed by atoms with E-state index in [1.165, 1.54) is 14.2 Å². The fourth-order valence-electron chi connectivity index (χ4n) is 0.857. The Bertz CT molecular complexity index is 250. The number of methoxy groups -OCH3 is 2. The first-order valence-corrected chi connectivity index (χ1v) is 3.42. The van der Waals surface area contributed by atoms with Gasteiger partial charge in [-0.25, -0.2) is 9.97 Å². The summed E-state index contributed by atoms with van der Waals surface area (Å²) in [5.74, 6) is 0.214. The molecule has 5 heteroatoms. The molecular formula is C7H11N3O2. The summed E-state index contributed by atoms with van der Waals surface area (Å²) >= 11 is 0. The van der Waals surface area contributed by atoms with Gasteiger partial charge < -0.3 is 15.2 Å². The van der Waals surface area contributed by atoms with Crippen molar-refractivity contribution < 1.29 is 9.47 Å². The highest BCUT2D eigenvalue weighted by atomic mass is 16.7. The SMILES string of the molecule is COC(OC)c1ccnc(N)n1. The Morgan fingerprint density at radius 2 is 2.08 bits per heavy atom. The zero-order valence-electron chi connectivity index (χ0n) is 7.02. The lowest BCUT2D eigenvalue weighted by molar-refractivity contribution is -0.108. The van der Waals surface area contributed by atoms with Gasteiger partial charge in [0.05, 0.1) is 0 Å². The molecule has 1 rings (SSSR count). The van der Waals surface area contributed by atoms with Crippen LogP contribution in [0.4, 0.5) is 5.95 Å². The Labute approximate surface area is 70.5 Å². The number of nitrogens with zero attached hydrogens (tertiary/aromatic N) is 2. The van der Waals surface area contributed by atoms with Gasteiger partial charge in [0.1, 0.15) is 5.69 Å². The molecule has 1 aromatic heterocycles. The van der Waals surface area contributed by atoms with Gasteiger partial charge in [-0.05, 0) is 6.07 Å². The van der Waals surface area contributed by atoms with Gasteiger partial charge in [-0.3, -0.25) is 0 Å². The Hall–Kier alpha value is -1.20. The highest BCUT2D eigenvalue weighted by molar-refractivity contribution is 5.17. The zero-order valence-corrected chi connectivity index (χ0v) is 7.02. The largest absolute Gasteiger partial charge is 0.368 e. The van der Waals surface area contributed by atoms with Crippen molar-refractivity contribution >= 4 is 5.95 Å². The van der Waals surface area contributed by atoms with Crippen molar-refractivity contribution in [3.05, 3.63) is 18.0 Å². The number of hydrogen-bond acceptors (Lipinski definition) is 5. The maximum atomic E-state index is 5.37. The van der Waals surface area contributed by atoms with Crippen LogP contribution in [0.2, 0.25) is 0 Å². The Morgan fingerprint density at radius 3 is 2.58 bits per heavy atom. The summed E-state index contributed by atoms with van der Waals surface area (Å²) in [4.78, 5) is 7.68. The van der Waals surface area contributed by atoms with E-state index in [2.05, 4.69) is 9.97 Å². The van der Waals surface area contributed by atoms with Crippen LogP contribution in [0.3, 0.4) is 0 Å². The summed E-state index contributed by atoms with van der Waals surface area (Å²) in [5, 5.41) is 0. The Balaban J connectivity index is 2.85. The molecule has 0 atom stereocenters. The van der Waals surface area contributed by atoms with Crippen molar-refractivity contribution in [2.24, 2.45) is 0 Å². The van der Waals surface area contributed by atoms with Gasteiger partial charge in [0, 0.05) is 20.4 Å². The fraction of sp³-hybridized carbons (Fsp3) is 0.429. The zero-order chi connectivity index (χ0) is 8.97. The van der Waals surface area contributed by atoms with Crippen LogP contribution < -0.4 is 5.73 Å². The highest BCUT2D eigenvalue weighted by Gasteiger charge is 2.09. The van der Waals surface area contributed by atoms with Gasteiger partial charge in [0.2, 0.25) is 12.2 Å². The van der Waals surface area contributed by atoms with E-state index in [4.69, 9.17) is 15.2 Å². The lowest BCUT2D eigenvalue weighted by Gasteiger charge is -2.11. The van der Waals surface area contributed by atoms with Gasteiger partial charge in [0.25, 0.3) is 0 Å². The second kappa shape index (κ2) is 3.99. The monoisotopic (exact) mass is 169 g/mol. The molecule has 0 amide bonds. The third kappa shape index (κ3) is 1.90. The number of hydrogen-bond donors (Lipinski definition) is 1. The molecule has 5 nitrogen and oxygen atoms in total. The van der Waals surface area contributed by atoms with Crippen LogP contribution in [-0.2, 0) is 9.47 Å². The predicted octanol–water partition coefficient (Wildman–Crippen LogP) is 0.350. The third-order valence-electron chi connectivity index (χ3n) is 1.37. The summed E-state index contributed by atoms with van der Waals surface area (Å²) < 4.78 is 9.94. The molecule has 0 radical (unpaired) electrons. The first kappa shape index (κ1) is 8.89. The minimum Gasteiger partial charge on any atom is -0.368 e. The van der Waals surface area contributed by atoms with E-state index >= 15 is 0 Å². The van der Waals surface area contributed by atoms with Crippen LogP contribution >= 0.6 is 0 Å². The van der Waals surface area contributed by atoms with Gasteiger partial charge in [-0.15, -0.1) is 0 Å². The number of aromatic nitrogens is 2. The molecule has 0 aliphatic rings. The van der Waals surface area contributed by atoms with Crippen molar-refractivity contribution in [3.8, 4) is 0 Å². The molecule has 0 saturated carbocycles. The molecule has 0 aromatic carbocycles. The molecule has 0 aliphatic carbocycles. The minimum atomic E-state index is -0.477. The van der Waals surface area contributed by atoms with Gasteiger partial charge >= 0.3 is 0 Å². The lowest BCUT2D eigenvalue weighted by atomic mass is 10.4. The average Bonchev–Trinajstić information content (AvgIpc) is 2.07. The standard InChI is InChI=1S/C7H11N3O2/c1-11-6(12-2)5-3-4-9-7(8)10-5/h3-4,6H,1-2H3,(H2,8,9,10). The van der Waals surface area contributed by atoms with Gasteiger partial charge in [-0.2, -0.15) is 0 Å². The van der Waals surface area contributed by atoms with E-state index in [0.29, 0.717) is 5.69 Å². The van der Waals surface area contributed by atoms with E-state index < -0.39 is 6.29 Å². The molecule has 0 spiro atoms. The van der Waals surface area contributed by atoms with E-state index in [1.54, 1.807) is 12.3 Å². The maximum absolute atomic E-state index is 5.37. The van der Waals surface area contributed by atoms with E-state index in [-0.39, 0.29) is 5.95 Å². The maximum Gasteiger partial charge on any atom is 0.220 e. The Morgan fingerprint density at radius 1 is 1.42 bits per heavy atom. The van der Waals surface area contributed by atoms with Crippen LogP contribution in [0.25, 0.3) is 0 Å². The van der Waals surface area contributed by atoms with Crippen molar-refractivity contribution in [2.45, 2.75) is 6.29 Å². The second-order valence-corrected chi connectivity index (χ2v) is 2.14. The quantitative estimate of drug-likeness (QED) is 0.661. The lowest BCUT2D eigenvalue weighted by Crippen LogP contribution is -2.07. The first-order valence-electron chi connectivity index (χ1n) is 3.42. The number of ether oxygens (including phenoxy) is 2. The van der Waals surface area contributed by atoms with Crippen molar-refractivity contribution in [2.75, 3.05) is 20.0 Å². The molecule has 0 unspecified atom stereocenters. The smallest absolute Gasteiger partial charge is 0.220 e. The molecule has 1 aromatic rings. The molecule has 0 bridgehead atoms. The average molecular weight is 169 g/mol. The minimum absolute atomic E-state index is 0.214. The molecule has 12 heavy (non-hydrogen) atoms. The number of anilines is 1. The summed E-state index contributed by atoms with van der Waals surface area (Å²) in [5.41, 5.74) is 5.99. The molecular weight excluding hydrogens is 158 g/mol. The summed E-state index contributed by atoms with van der Waals surface area (Å²) in [6.07, 6.45) is 1.08. The number of rotatable bonds is 3. The van der Waals surface area contributed by atoms with Gasteiger partial charge in [-0.1, -0.05) is 0 Å². The van der Waals surface area contributed by atoms with Crippen LogP contribution in [0.1, 0.15) is 12.0 Å². The number of nitrogen functional groups attached to an aromatic ring is 1. The molecule has 2 N–H and O–H groups in total. The third-order valence-corrected chi connectivity index (χ3v) is 1.37. The summed E-state index contributed by atoms with van der Waals surface area (Å²) in [6.45, 7) is 0. The van der Waals surface area contributed by atoms with Crippen LogP contribution in [0, 0.1) is 0 Å². The van der Waals surface area contributed by atoms with Crippen molar-refractivity contribution in [3.63, 3.8) is 0 Å². The van der Waals surface area contributed by atoms with Gasteiger partial charge in [0.15, 0.2) is 0 Å². The molecule has 0 aliphatic heterocycles. The van der Waals surface area contributed by atoms with Crippen LogP contribution in [0.5, 0.6) is 0 Å².